The number of hydrogen-bond donors (Lipinski definition) is 1. The fourth-order valence-electron chi connectivity index (χ4n) is 3.05. The number of fused-ring (bicyclic) bond motifs is 3. The van der Waals surface area contributed by atoms with Crippen molar-refractivity contribution in [3.8, 4) is 5.75 Å². The van der Waals surface area contributed by atoms with Crippen LogP contribution in [0.4, 0.5) is 0 Å². The number of hydrogen-bond acceptors (Lipinski definition) is 3. The van der Waals surface area contributed by atoms with Crippen LogP contribution in [0.1, 0.15) is 43.6 Å². The average Bonchev–Trinajstić information content (AvgIpc) is 2.54. The van der Waals surface area contributed by atoms with Gasteiger partial charge >= 0.3 is 5.97 Å². The van der Waals surface area contributed by atoms with Crippen LogP contribution in [-0.2, 0) is 10.2 Å². The molecule has 0 saturated heterocycles. The summed E-state index contributed by atoms with van der Waals surface area (Å²) in [4.78, 5) is 12.5. The van der Waals surface area contributed by atoms with Crippen molar-refractivity contribution < 1.29 is 14.6 Å². The minimum atomic E-state index is -0.489. The lowest BCUT2D eigenvalue weighted by atomic mass is 9.84. The number of esters is 1. The Hall–Kier alpha value is -2.55. The molecule has 3 aromatic carbocycles. The second-order valence-corrected chi connectivity index (χ2v) is 7.00. The number of aromatic hydroxyl groups is 1. The molecule has 0 aliphatic carbocycles. The SMILES string of the molecule is CCOC(=O)c1c(O)c2ccccc2c2ccc(C(C)(C)C)cc12. The minimum absolute atomic E-state index is 0.0115. The van der Waals surface area contributed by atoms with Gasteiger partial charge in [-0.25, -0.2) is 4.79 Å². The van der Waals surface area contributed by atoms with E-state index in [1.54, 1.807) is 6.92 Å². The Morgan fingerprint density at radius 1 is 1.00 bits per heavy atom. The third-order valence-electron chi connectivity index (χ3n) is 4.34. The number of carbonyl (C=O) groups excluding carboxylic acids is 1. The standard InChI is InChI=1S/C21H22O3/c1-5-24-20(23)18-17-12-13(21(2,3)4)10-11-15(17)14-8-6-7-9-16(14)19(18)22/h6-12,22H,5H2,1-4H3. The molecule has 0 unspecified atom stereocenters. The number of phenols is 1. The zero-order chi connectivity index (χ0) is 17.5. The molecular formula is C21H22O3. The highest BCUT2D eigenvalue weighted by molar-refractivity contribution is 6.19. The molecule has 0 radical (unpaired) electrons. The van der Waals surface area contributed by atoms with Gasteiger partial charge in [0, 0.05) is 10.8 Å². The van der Waals surface area contributed by atoms with Gasteiger partial charge in [0.05, 0.1) is 6.61 Å². The van der Waals surface area contributed by atoms with Gasteiger partial charge in [0.2, 0.25) is 0 Å². The summed E-state index contributed by atoms with van der Waals surface area (Å²) in [6.07, 6.45) is 0. The average molecular weight is 322 g/mol. The van der Waals surface area contributed by atoms with Gasteiger partial charge in [-0.3, -0.25) is 0 Å². The highest BCUT2D eigenvalue weighted by Gasteiger charge is 2.22. The van der Waals surface area contributed by atoms with E-state index in [0.717, 1.165) is 21.7 Å². The molecule has 0 fully saturated rings. The van der Waals surface area contributed by atoms with Crippen molar-refractivity contribution in [3.63, 3.8) is 0 Å². The van der Waals surface area contributed by atoms with Crippen LogP contribution >= 0.6 is 0 Å². The maximum Gasteiger partial charge on any atom is 0.342 e. The molecular weight excluding hydrogens is 300 g/mol. The maximum absolute atomic E-state index is 12.5. The van der Waals surface area contributed by atoms with Gasteiger partial charge in [0.15, 0.2) is 0 Å². The topological polar surface area (TPSA) is 46.5 Å². The molecule has 0 amide bonds. The van der Waals surface area contributed by atoms with Gasteiger partial charge in [-0.15, -0.1) is 0 Å². The highest BCUT2D eigenvalue weighted by Crippen LogP contribution is 2.39. The van der Waals surface area contributed by atoms with E-state index in [1.807, 2.05) is 36.4 Å². The van der Waals surface area contributed by atoms with Crippen LogP contribution in [0.15, 0.2) is 42.5 Å². The summed E-state index contributed by atoms with van der Waals surface area (Å²) in [5.41, 5.74) is 1.30. The van der Waals surface area contributed by atoms with E-state index < -0.39 is 5.97 Å². The predicted molar refractivity (Wildman–Crippen MR) is 97.8 cm³/mol. The van der Waals surface area contributed by atoms with E-state index in [-0.39, 0.29) is 23.3 Å². The molecule has 0 heterocycles. The quantitative estimate of drug-likeness (QED) is 0.523. The van der Waals surface area contributed by atoms with Gasteiger partial charge in [-0.2, -0.15) is 0 Å². The zero-order valence-corrected chi connectivity index (χ0v) is 14.5. The Bertz CT molecular complexity index is 933. The molecule has 0 aromatic heterocycles. The van der Waals surface area contributed by atoms with Crippen molar-refractivity contribution in [2.75, 3.05) is 6.61 Å². The van der Waals surface area contributed by atoms with Gasteiger partial charge in [0.1, 0.15) is 11.3 Å². The Kier molecular flexibility index (Phi) is 3.96. The normalized spacial score (nSPS) is 11.8. The monoisotopic (exact) mass is 322 g/mol. The number of rotatable bonds is 2. The summed E-state index contributed by atoms with van der Waals surface area (Å²) in [5.74, 6) is -0.501. The van der Waals surface area contributed by atoms with Crippen LogP contribution in [0, 0.1) is 0 Å². The summed E-state index contributed by atoms with van der Waals surface area (Å²) in [6, 6.07) is 13.7. The molecule has 1 N–H and O–H groups in total. The number of phenolic OH excluding ortho intramolecular Hbond substituents is 1. The van der Waals surface area contributed by atoms with Gasteiger partial charge < -0.3 is 9.84 Å². The fourth-order valence-corrected chi connectivity index (χ4v) is 3.05. The van der Waals surface area contributed by atoms with Gasteiger partial charge in [-0.05, 0) is 34.7 Å². The van der Waals surface area contributed by atoms with Crippen molar-refractivity contribution in [1.82, 2.24) is 0 Å². The van der Waals surface area contributed by atoms with E-state index in [0.29, 0.717) is 5.39 Å². The number of ether oxygens (including phenoxy) is 1. The smallest absolute Gasteiger partial charge is 0.342 e. The van der Waals surface area contributed by atoms with Crippen molar-refractivity contribution in [1.29, 1.82) is 0 Å². The largest absolute Gasteiger partial charge is 0.506 e. The molecule has 0 bridgehead atoms. The molecule has 0 saturated carbocycles. The third-order valence-corrected chi connectivity index (χ3v) is 4.34. The van der Waals surface area contributed by atoms with E-state index in [9.17, 15) is 9.90 Å². The molecule has 3 nitrogen and oxygen atoms in total. The van der Waals surface area contributed by atoms with Crippen molar-refractivity contribution in [2.45, 2.75) is 33.1 Å². The maximum atomic E-state index is 12.5. The van der Waals surface area contributed by atoms with Crippen LogP contribution in [0.5, 0.6) is 5.75 Å². The van der Waals surface area contributed by atoms with Crippen LogP contribution in [0.3, 0.4) is 0 Å². The van der Waals surface area contributed by atoms with Crippen LogP contribution < -0.4 is 0 Å². The van der Waals surface area contributed by atoms with Crippen LogP contribution in [-0.4, -0.2) is 17.7 Å². The molecule has 0 spiro atoms. The lowest BCUT2D eigenvalue weighted by molar-refractivity contribution is 0.0526. The minimum Gasteiger partial charge on any atom is -0.506 e. The lowest BCUT2D eigenvalue weighted by Crippen LogP contribution is -2.12. The lowest BCUT2D eigenvalue weighted by Gasteiger charge is -2.21. The van der Waals surface area contributed by atoms with Crippen molar-refractivity contribution >= 4 is 27.5 Å². The first kappa shape index (κ1) is 16.3. The van der Waals surface area contributed by atoms with Gasteiger partial charge in [-0.1, -0.05) is 57.2 Å². The number of benzene rings is 3. The van der Waals surface area contributed by atoms with Gasteiger partial charge in [0.25, 0.3) is 0 Å². The Morgan fingerprint density at radius 2 is 1.62 bits per heavy atom. The Balaban J connectivity index is 2.46. The fraction of sp³-hybridized carbons (Fsp3) is 0.286. The second kappa shape index (κ2) is 5.82. The second-order valence-electron chi connectivity index (χ2n) is 7.00. The molecule has 124 valence electrons. The first-order chi connectivity index (χ1) is 11.3. The molecule has 24 heavy (non-hydrogen) atoms. The predicted octanol–water partition coefficient (Wildman–Crippen LogP) is 5.17. The molecule has 0 aliphatic rings. The summed E-state index contributed by atoms with van der Waals surface area (Å²) in [6.45, 7) is 8.40. The Labute approximate surface area is 141 Å². The van der Waals surface area contributed by atoms with Crippen molar-refractivity contribution in [2.24, 2.45) is 0 Å². The molecule has 3 heteroatoms. The molecule has 0 aliphatic heterocycles. The summed E-state index contributed by atoms with van der Waals surface area (Å²) in [7, 11) is 0. The highest BCUT2D eigenvalue weighted by atomic mass is 16.5. The Morgan fingerprint density at radius 3 is 2.25 bits per heavy atom. The molecule has 3 rings (SSSR count). The van der Waals surface area contributed by atoms with E-state index >= 15 is 0 Å². The van der Waals surface area contributed by atoms with Crippen LogP contribution in [0.25, 0.3) is 21.5 Å². The third kappa shape index (κ3) is 2.60. The summed E-state index contributed by atoms with van der Waals surface area (Å²) >= 11 is 0. The molecule has 3 aromatic rings. The van der Waals surface area contributed by atoms with E-state index in [4.69, 9.17) is 4.74 Å². The first-order valence-corrected chi connectivity index (χ1v) is 8.19. The van der Waals surface area contributed by atoms with E-state index in [1.165, 1.54) is 0 Å². The summed E-state index contributed by atoms with van der Waals surface area (Å²) < 4.78 is 5.19. The number of carbonyl (C=O) groups is 1. The summed E-state index contributed by atoms with van der Waals surface area (Å²) in [5, 5.41) is 14.0. The first-order valence-electron chi connectivity index (χ1n) is 8.19. The van der Waals surface area contributed by atoms with E-state index in [2.05, 4.69) is 26.8 Å². The van der Waals surface area contributed by atoms with Crippen LogP contribution in [0.2, 0.25) is 0 Å². The molecule has 0 atom stereocenters. The zero-order valence-electron chi connectivity index (χ0n) is 14.5. The van der Waals surface area contributed by atoms with Crippen molar-refractivity contribution in [3.05, 3.63) is 53.6 Å².